The first kappa shape index (κ1) is 13.1. The molecule has 3 unspecified atom stereocenters. The highest BCUT2D eigenvalue weighted by molar-refractivity contribution is 5.35. The SMILES string of the molecule is CC1CC(N(C)C2CCCC2)C(O)c2ccccc21. The molecule has 0 saturated heterocycles. The molecule has 3 rings (SSSR count). The largest absolute Gasteiger partial charge is 0.387 e. The van der Waals surface area contributed by atoms with Gasteiger partial charge in [-0.2, -0.15) is 0 Å². The third-order valence-electron chi connectivity index (χ3n) is 5.23. The first-order chi connectivity index (χ1) is 9.18. The number of benzene rings is 1. The predicted molar refractivity (Wildman–Crippen MR) is 78.2 cm³/mol. The maximum absolute atomic E-state index is 10.7. The zero-order valence-electron chi connectivity index (χ0n) is 12.0. The Hall–Kier alpha value is -0.860. The lowest BCUT2D eigenvalue weighted by Crippen LogP contribution is -2.45. The van der Waals surface area contributed by atoms with Crippen LogP contribution in [0.15, 0.2) is 24.3 Å². The number of hydrogen-bond donors (Lipinski definition) is 1. The van der Waals surface area contributed by atoms with Crippen LogP contribution < -0.4 is 0 Å². The van der Waals surface area contributed by atoms with E-state index in [4.69, 9.17) is 0 Å². The van der Waals surface area contributed by atoms with Gasteiger partial charge in [-0.15, -0.1) is 0 Å². The Labute approximate surface area is 116 Å². The Balaban J connectivity index is 1.85. The zero-order chi connectivity index (χ0) is 13.4. The van der Waals surface area contributed by atoms with E-state index in [0.717, 1.165) is 12.0 Å². The van der Waals surface area contributed by atoms with Crippen LogP contribution in [0.1, 0.15) is 62.2 Å². The second-order valence-corrected chi connectivity index (χ2v) is 6.38. The molecule has 104 valence electrons. The van der Waals surface area contributed by atoms with E-state index in [1.807, 2.05) is 6.07 Å². The maximum Gasteiger partial charge on any atom is 0.0948 e. The van der Waals surface area contributed by atoms with Crippen molar-refractivity contribution in [3.05, 3.63) is 35.4 Å². The van der Waals surface area contributed by atoms with E-state index in [2.05, 4.69) is 37.1 Å². The highest BCUT2D eigenvalue weighted by Crippen LogP contribution is 2.40. The lowest BCUT2D eigenvalue weighted by molar-refractivity contribution is 0.0244. The molecule has 2 aliphatic rings. The number of aliphatic hydroxyl groups excluding tert-OH is 1. The summed E-state index contributed by atoms with van der Waals surface area (Å²) in [5, 5.41) is 10.7. The molecule has 0 spiro atoms. The van der Waals surface area contributed by atoms with Crippen LogP contribution in [0.25, 0.3) is 0 Å². The van der Waals surface area contributed by atoms with E-state index in [-0.39, 0.29) is 12.1 Å². The van der Waals surface area contributed by atoms with Crippen LogP contribution in [0.5, 0.6) is 0 Å². The van der Waals surface area contributed by atoms with Gasteiger partial charge in [-0.1, -0.05) is 44.0 Å². The number of fused-ring (bicyclic) bond motifs is 1. The van der Waals surface area contributed by atoms with Crippen LogP contribution in [0.2, 0.25) is 0 Å². The third kappa shape index (κ3) is 2.32. The normalized spacial score (nSPS) is 31.7. The van der Waals surface area contributed by atoms with Crippen molar-refractivity contribution in [2.24, 2.45) is 0 Å². The van der Waals surface area contributed by atoms with Crippen LogP contribution in [-0.2, 0) is 0 Å². The van der Waals surface area contributed by atoms with Crippen molar-refractivity contribution in [1.82, 2.24) is 4.90 Å². The number of aliphatic hydroxyl groups is 1. The number of rotatable bonds is 2. The van der Waals surface area contributed by atoms with Gasteiger partial charge in [0.15, 0.2) is 0 Å². The minimum atomic E-state index is -0.321. The molecule has 1 aromatic carbocycles. The van der Waals surface area contributed by atoms with Crippen molar-refractivity contribution in [1.29, 1.82) is 0 Å². The van der Waals surface area contributed by atoms with E-state index >= 15 is 0 Å². The van der Waals surface area contributed by atoms with Crippen LogP contribution in [0.4, 0.5) is 0 Å². The molecule has 1 fully saturated rings. The fraction of sp³-hybridized carbons (Fsp3) is 0.647. The number of likely N-dealkylation sites (N-methyl/N-ethyl adjacent to an activating group) is 1. The molecule has 0 heterocycles. The van der Waals surface area contributed by atoms with Gasteiger partial charge in [-0.3, -0.25) is 4.90 Å². The van der Waals surface area contributed by atoms with Crippen molar-refractivity contribution in [2.75, 3.05) is 7.05 Å². The molecule has 2 aliphatic carbocycles. The van der Waals surface area contributed by atoms with E-state index in [0.29, 0.717) is 12.0 Å². The molecule has 1 aromatic rings. The smallest absolute Gasteiger partial charge is 0.0948 e. The standard InChI is InChI=1S/C17H25NO/c1-12-11-16(18(2)13-7-3-4-8-13)17(19)15-10-6-5-9-14(12)15/h5-6,9-10,12-13,16-17,19H,3-4,7-8,11H2,1-2H3. The quantitative estimate of drug-likeness (QED) is 0.879. The van der Waals surface area contributed by atoms with Gasteiger partial charge in [-0.25, -0.2) is 0 Å². The average molecular weight is 259 g/mol. The summed E-state index contributed by atoms with van der Waals surface area (Å²) in [5.41, 5.74) is 2.49. The molecular formula is C17H25NO. The minimum Gasteiger partial charge on any atom is -0.387 e. The summed E-state index contributed by atoms with van der Waals surface area (Å²) in [4.78, 5) is 2.46. The second kappa shape index (κ2) is 5.26. The summed E-state index contributed by atoms with van der Waals surface area (Å²) in [6, 6.07) is 9.38. The van der Waals surface area contributed by atoms with E-state index in [1.54, 1.807) is 0 Å². The summed E-state index contributed by atoms with van der Waals surface area (Å²) >= 11 is 0. The molecule has 3 atom stereocenters. The topological polar surface area (TPSA) is 23.5 Å². The van der Waals surface area contributed by atoms with Crippen LogP contribution in [-0.4, -0.2) is 29.1 Å². The Morgan fingerprint density at radius 2 is 1.74 bits per heavy atom. The van der Waals surface area contributed by atoms with Gasteiger partial charge in [-0.05, 0) is 43.4 Å². The molecule has 0 aliphatic heterocycles. The Bertz CT molecular complexity index is 439. The molecule has 0 bridgehead atoms. The Kier molecular flexibility index (Phi) is 3.64. The zero-order valence-corrected chi connectivity index (χ0v) is 12.0. The number of nitrogens with zero attached hydrogens (tertiary/aromatic N) is 1. The van der Waals surface area contributed by atoms with E-state index in [1.165, 1.54) is 31.2 Å². The molecule has 2 heteroatoms. The molecule has 1 saturated carbocycles. The predicted octanol–water partition coefficient (Wildman–Crippen LogP) is 3.47. The van der Waals surface area contributed by atoms with Gasteiger partial charge in [0.25, 0.3) is 0 Å². The fourth-order valence-electron chi connectivity index (χ4n) is 4.03. The van der Waals surface area contributed by atoms with Gasteiger partial charge in [0, 0.05) is 12.1 Å². The summed E-state index contributed by atoms with van der Waals surface area (Å²) < 4.78 is 0. The molecular weight excluding hydrogens is 234 g/mol. The summed E-state index contributed by atoms with van der Waals surface area (Å²) in [7, 11) is 2.21. The Morgan fingerprint density at radius 1 is 1.11 bits per heavy atom. The summed E-state index contributed by atoms with van der Waals surface area (Å²) in [5.74, 6) is 0.549. The molecule has 0 amide bonds. The van der Waals surface area contributed by atoms with Gasteiger partial charge in [0.1, 0.15) is 0 Å². The van der Waals surface area contributed by atoms with Crippen molar-refractivity contribution in [2.45, 2.75) is 63.1 Å². The molecule has 0 radical (unpaired) electrons. The molecule has 19 heavy (non-hydrogen) atoms. The van der Waals surface area contributed by atoms with Crippen molar-refractivity contribution in [3.8, 4) is 0 Å². The first-order valence-corrected chi connectivity index (χ1v) is 7.67. The maximum atomic E-state index is 10.7. The van der Waals surface area contributed by atoms with Crippen molar-refractivity contribution < 1.29 is 5.11 Å². The molecule has 1 N–H and O–H groups in total. The van der Waals surface area contributed by atoms with E-state index in [9.17, 15) is 5.11 Å². The van der Waals surface area contributed by atoms with Crippen molar-refractivity contribution in [3.63, 3.8) is 0 Å². The van der Waals surface area contributed by atoms with E-state index < -0.39 is 0 Å². The number of hydrogen-bond acceptors (Lipinski definition) is 2. The van der Waals surface area contributed by atoms with Crippen LogP contribution in [0, 0.1) is 0 Å². The van der Waals surface area contributed by atoms with Gasteiger partial charge < -0.3 is 5.11 Å². The Morgan fingerprint density at radius 3 is 2.42 bits per heavy atom. The van der Waals surface area contributed by atoms with Gasteiger partial charge in [0.2, 0.25) is 0 Å². The second-order valence-electron chi connectivity index (χ2n) is 6.38. The highest BCUT2D eigenvalue weighted by atomic mass is 16.3. The minimum absolute atomic E-state index is 0.285. The van der Waals surface area contributed by atoms with Gasteiger partial charge >= 0.3 is 0 Å². The summed E-state index contributed by atoms with van der Waals surface area (Å²) in [6.07, 6.45) is 6.06. The first-order valence-electron chi connectivity index (χ1n) is 7.67. The molecule has 0 aromatic heterocycles. The summed E-state index contributed by atoms with van der Waals surface area (Å²) in [6.45, 7) is 2.29. The lowest BCUT2D eigenvalue weighted by atomic mass is 9.78. The van der Waals surface area contributed by atoms with Gasteiger partial charge in [0.05, 0.1) is 6.10 Å². The monoisotopic (exact) mass is 259 g/mol. The van der Waals surface area contributed by atoms with Crippen LogP contribution in [0.3, 0.4) is 0 Å². The lowest BCUT2D eigenvalue weighted by Gasteiger charge is -2.41. The van der Waals surface area contributed by atoms with Crippen LogP contribution >= 0.6 is 0 Å². The fourth-order valence-corrected chi connectivity index (χ4v) is 4.03. The van der Waals surface area contributed by atoms with Crippen molar-refractivity contribution >= 4 is 0 Å². The average Bonchev–Trinajstić information content (AvgIpc) is 2.96. The third-order valence-corrected chi connectivity index (χ3v) is 5.23. The highest BCUT2D eigenvalue weighted by Gasteiger charge is 2.36. The molecule has 2 nitrogen and oxygen atoms in total.